The summed E-state index contributed by atoms with van der Waals surface area (Å²) >= 11 is 0. The number of carbonyl (C=O) groups excluding carboxylic acids is 1. The van der Waals surface area contributed by atoms with Gasteiger partial charge in [0.05, 0.1) is 11.1 Å². The summed E-state index contributed by atoms with van der Waals surface area (Å²) in [6.45, 7) is 11.3. The molecule has 8 heteroatoms. The molecule has 1 saturated heterocycles. The molecule has 0 unspecified atom stereocenters. The molecule has 0 N–H and O–H groups in total. The molecule has 1 saturated carbocycles. The van der Waals surface area contributed by atoms with Crippen molar-refractivity contribution < 1.29 is 13.6 Å². The lowest BCUT2D eigenvalue weighted by Gasteiger charge is -2.46. The van der Waals surface area contributed by atoms with Gasteiger partial charge in [0.15, 0.2) is 0 Å². The van der Waals surface area contributed by atoms with E-state index in [1.165, 1.54) is 18.5 Å². The Balaban J connectivity index is 1.60. The topological polar surface area (TPSA) is 54.3 Å². The van der Waals surface area contributed by atoms with E-state index >= 15 is 0 Å². The number of halogens is 2. The van der Waals surface area contributed by atoms with Crippen LogP contribution < -0.4 is 4.90 Å². The van der Waals surface area contributed by atoms with Crippen molar-refractivity contribution in [3.8, 4) is 5.69 Å². The first-order valence-electron chi connectivity index (χ1n) is 12.4. The highest BCUT2D eigenvalue weighted by Gasteiger charge is 2.38. The molecule has 2 aromatic heterocycles. The minimum atomic E-state index is -0.622. The fourth-order valence-electron chi connectivity index (χ4n) is 5.33. The summed E-state index contributed by atoms with van der Waals surface area (Å²) in [6.07, 6.45) is 6.82. The number of anilines is 1. The van der Waals surface area contributed by atoms with E-state index in [1.54, 1.807) is 4.57 Å². The highest BCUT2D eigenvalue weighted by Crippen LogP contribution is 2.44. The Morgan fingerprint density at radius 1 is 1.00 bits per heavy atom. The number of carbonyl (C=O) groups is 1. The molecule has 2 atom stereocenters. The summed E-state index contributed by atoms with van der Waals surface area (Å²) in [5.74, 6) is 0.110. The number of amides is 1. The molecule has 0 bridgehead atoms. The van der Waals surface area contributed by atoms with Crippen molar-refractivity contribution in [3.63, 3.8) is 0 Å². The fourth-order valence-corrected chi connectivity index (χ4v) is 5.33. The summed E-state index contributed by atoms with van der Waals surface area (Å²) in [6, 6.07) is 3.62. The summed E-state index contributed by atoms with van der Waals surface area (Å²) in [5.41, 5.74) is 1.74. The van der Waals surface area contributed by atoms with Gasteiger partial charge >= 0.3 is 0 Å². The number of aromatic nitrogens is 3. The van der Waals surface area contributed by atoms with Gasteiger partial charge in [0.1, 0.15) is 29.4 Å². The molecule has 2 fully saturated rings. The maximum atomic E-state index is 14.1. The van der Waals surface area contributed by atoms with E-state index in [4.69, 9.17) is 4.98 Å². The van der Waals surface area contributed by atoms with Crippen molar-refractivity contribution >= 4 is 22.8 Å². The lowest BCUT2D eigenvalue weighted by molar-refractivity contribution is -0.142. The van der Waals surface area contributed by atoms with E-state index < -0.39 is 17.0 Å². The maximum Gasteiger partial charge on any atom is 0.228 e. The van der Waals surface area contributed by atoms with Gasteiger partial charge in [-0.2, -0.15) is 0 Å². The molecule has 3 heterocycles. The highest BCUT2D eigenvalue weighted by molar-refractivity contribution is 5.93. The largest absolute Gasteiger partial charge is 0.349 e. The zero-order valence-corrected chi connectivity index (χ0v) is 21.1. The number of rotatable bonds is 3. The SMILES string of the molecule is C[C@@H]1CN(c2ncnc3c2c(C2CCC2)cn3-c2cc(F)cc(F)c2)[C@@H](C)CN1C(=O)C(C)(C)C. The minimum absolute atomic E-state index is 0.0227. The summed E-state index contributed by atoms with van der Waals surface area (Å²) in [5, 5.41) is 0.941. The molecule has 1 aromatic carbocycles. The van der Waals surface area contributed by atoms with Crippen LogP contribution in [-0.2, 0) is 4.79 Å². The van der Waals surface area contributed by atoms with E-state index in [1.807, 2.05) is 31.9 Å². The molecule has 1 aliphatic carbocycles. The van der Waals surface area contributed by atoms with Gasteiger partial charge in [0.2, 0.25) is 5.91 Å². The molecule has 186 valence electrons. The van der Waals surface area contributed by atoms with Crippen molar-refractivity contribution in [1.29, 1.82) is 0 Å². The Bertz CT molecular complexity index is 1260. The average molecular weight is 482 g/mol. The molecular formula is C27H33F2N5O. The molecule has 1 amide bonds. The fraction of sp³-hybridized carbons (Fsp3) is 0.519. The third-order valence-corrected chi connectivity index (χ3v) is 7.42. The van der Waals surface area contributed by atoms with Gasteiger partial charge < -0.3 is 14.4 Å². The van der Waals surface area contributed by atoms with E-state index in [9.17, 15) is 13.6 Å². The number of hydrogen-bond donors (Lipinski definition) is 0. The maximum absolute atomic E-state index is 14.1. The van der Waals surface area contributed by atoms with Gasteiger partial charge in [-0.3, -0.25) is 4.79 Å². The Labute approximate surface area is 205 Å². The van der Waals surface area contributed by atoms with Crippen LogP contribution in [0.15, 0.2) is 30.7 Å². The summed E-state index contributed by atoms with van der Waals surface area (Å²) in [7, 11) is 0. The predicted molar refractivity (Wildman–Crippen MR) is 133 cm³/mol. The first kappa shape index (κ1) is 23.7. The number of fused-ring (bicyclic) bond motifs is 1. The van der Waals surface area contributed by atoms with Crippen LogP contribution in [0.2, 0.25) is 0 Å². The van der Waals surface area contributed by atoms with Crippen LogP contribution >= 0.6 is 0 Å². The number of hydrogen-bond acceptors (Lipinski definition) is 4. The summed E-state index contributed by atoms with van der Waals surface area (Å²) in [4.78, 5) is 26.6. The molecule has 35 heavy (non-hydrogen) atoms. The highest BCUT2D eigenvalue weighted by atomic mass is 19.1. The van der Waals surface area contributed by atoms with Crippen LogP contribution in [0.25, 0.3) is 16.7 Å². The lowest BCUT2D eigenvalue weighted by atomic mass is 9.80. The Morgan fingerprint density at radius 3 is 2.29 bits per heavy atom. The van der Waals surface area contributed by atoms with Crippen LogP contribution in [0.5, 0.6) is 0 Å². The molecule has 3 aromatic rings. The first-order chi connectivity index (χ1) is 16.5. The van der Waals surface area contributed by atoms with Gasteiger partial charge in [0, 0.05) is 42.9 Å². The second kappa shape index (κ2) is 8.57. The third kappa shape index (κ3) is 4.17. The van der Waals surface area contributed by atoms with Crippen molar-refractivity contribution in [2.75, 3.05) is 18.0 Å². The zero-order chi connectivity index (χ0) is 25.1. The molecule has 5 rings (SSSR count). The Hall–Kier alpha value is -3.03. The normalized spacial score (nSPS) is 21.5. The van der Waals surface area contributed by atoms with Gasteiger partial charge in [-0.15, -0.1) is 0 Å². The zero-order valence-electron chi connectivity index (χ0n) is 21.1. The van der Waals surface area contributed by atoms with E-state index in [0.717, 1.165) is 42.1 Å². The van der Waals surface area contributed by atoms with Crippen LogP contribution in [0.1, 0.15) is 65.4 Å². The monoisotopic (exact) mass is 481 g/mol. The molecule has 2 aliphatic rings. The number of piperazine rings is 1. The standard InChI is InChI=1S/C27H33F2N5O/c1-16-13-33(26(35)27(3,4)5)17(2)12-32(16)24-23-22(18-7-6-8-18)14-34(25(23)31-15-30-24)21-10-19(28)9-20(29)11-21/h9-11,14-18H,6-8,12-13H2,1-5H3/t16-,17+/m0/s1. The smallest absolute Gasteiger partial charge is 0.228 e. The van der Waals surface area contributed by atoms with Crippen LogP contribution in [-0.4, -0.2) is 50.5 Å². The van der Waals surface area contributed by atoms with Gasteiger partial charge in [-0.1, -0.05) is 27.2 Å². The van der Waals surface area contributed by atoms with E-state index in [0.29, 0.717) is 30.3 Å². The van der Waals surface area contributed by atoms with Crippen molar-refractivity contribution in [1.82, 2.24) is 19.4 Å². The van der Waals surface area contributed by atoms with Gasteiger partial charge in [0.25, 0.3) is 0 Å². The minimum Gasteiger partial charge on any atom is -0.349 e. The molecule has 6 nitrogen and oxygen atoms in total. The Morgan fingerprint density at radius 2 is 1.69 bits per heavy atom. The number of benzene rings is 1. The van der Waals surface area contributed by atoms with E-state index in [2.05, 4.69) is 23.7 Å². The van der Waals surface area contributed by atoms with Crippen molar-refractivity contribution in [3.05, 3.63) is 47.9 Å². The van der Waals surface area contributed by atoms with E-state index in [-0.39, 0.29) is 18.0 Å². The average Bonchev–Trinajstić information content (AvgIpc) is 3.11. The van der Waals surface area contributed by atoms with Crippen molar-refractivity contribution in [2.45, 2.75) is 71.9 Å². The van der Waals surface area contributed by atoms with Crippen LogP contribution in [0.3, 0.4) is 0 Å². The second-order valence-corrected chi connectivity index (χ2v) is 11.2. The number of nitrogens with zero attached hydrogens (tertiary/aromatic N) is 5. The van der Waals surface area contributed by atoms with Gasteiger partial charge in [-0.25, -0.2) is 18.7 Å². The summed E-state index contributed by atoms with van der Waals surface area (Å²) < 4.78 is 29.9. The lowest BCUT2D eigenvalue weighted by Crippen LogP contribution is -2.60. The molecule has 0 radical (unpaired) electrons. The Kier molecular flexibility index (Phi) is 5.80. The van der Waals surface area contributed by atoms with Crippen LogP contribution in [0.4, 0.5) is 14.6 Å². The van der Waals surface area contributed by atoms with Crippen molar-refractivity contribution in [2.24, 2.45) is 5.41 Å². The molecule has 0 spiro atoms. The molecular weight excluding hydrogens is 448 g/mol. The van der Waals surface area contributed by atoms with Crippen LogP contribution in [0, 0.1) is 17.0 Å². The third-order valence-electron chi connectivity index (χ3n) is 7.42. The first-order valence-corrected chi connectivity index (χ1v) is 12.4. The predicted octanol–water partition coefficient (Wildman–Crippen LogP) is 5.44. The molecule has 1 aliphatic heterocycles. The second-order valence-electron chi connectivity index (χ2n) is 11.2. The van der Waals surface area contributed by atoms with Gasteiger partial charge in [-0.05, 0) is 50.3 Å². The quantitative estimate of drug-likeness (QED) is 0.500.